The van der Waals surface area contributed by atoms with Gasteiger partial charge in [0.15, 0.2) is 5.13 Å². The van der Waals surface area contributed by atoms with Crippen LogP contribution < -0.4 is 16.8 Å². The first-order valence-corrected chi connectivity index (χ1v) is 9.34. The van der Waals surface area contributed by atoms with Gasteiger partial charge in [0.05, 0.1) is 22.8 Å². The van der Waals surface area contributed by atoms with Gasteiger partial charge in [0.25, 0.3) is 0 Å². The number of benzene rings is 1. The van der Waals surface area contributed by atoms with Crippen LogP contribution >= 0.6 is 56.5 Å². The third kappa shape index (κ3) is 2.90. The molecule has 0 fully saturated rings. The van der Waals surface area contributed by atoms with Gasteiger partial charge < -0.3 is 16.8 Å². The van der Waals surface area contributed by atoms with Crippen LogP contribution in [0.15, 0.2) is 12.1 Å². The maximum Gasteiger partial charge on any atom is 0.180 e. The van der Waals surface area contributed by atoms with Crippen molar-refractivity contribution in [2.75, 3.05) is 18.0 Å². The number of halogens is 2. The molecule has 20 heavy (non-hydrogen) atoms. The molecule has 1 atom stereocenters. The van der Waals surface area contributed by atoms with Crippen molar-refractivity contribution < 1.29 is 5.32 Å². The summed E-state index contributed by atoms with van der Waals surface area (Å²) in [7, 11) is 0. The summed E-state index contributed by atoms with van der Waals surface area (Å²) in [5.74, 6) is 0. The van der Waals surface area contributed by atoms with Gasteiger partial charge in [0, 0.05) is 20.0 Å². The quantitative estimate of drug-likeness (QED) is 0.425. The van der Waals surface area contributed by atoms with Crippen molar-refractivity contribution in [1.29, 1.82) is 0 Å². The lowest BCUT2D eigenvalue weighted by Gasteiger charge is -2.20. The third-order valence-electron chi connectivity index (χ3n) is 3.51. The van der Waals surface area contributed by atoms with Crippen LogP contribution in [-0.4, -0.2) is 11.5 Å². The number of fused-ring (bicyclic) bond motifs is 1. The summed E-state index contributed by atoms with van der Waals surface area (Å²) in [5, 5.41) is 3.09. The number of nitrogens with two attached hydrogens (primary N) is 3. The predicted octanol–water partition coefficient (Wildman–Crippen LogP) is 1.92. The Morgan fingerprint density at radius 1 is 1.30 bits per heavy atom. The lowest BCUT2D eigenvalue weighted by atomic mass is 10.00. The van der Waals surface area contributed by atoms with Crippen LogP contribution in [0.5, 0.6) is 0 Å². The van der Waals surface area contributed by atoms with Crippen molar-refractivity contribution in [3.8, 4) is 0 Å². The minimum Gasteiger partial charge on any atom is -0.397 e. The van der Waals surface area contributed by atoms with Crippen LogP contribution in [0.4, 0.5) is 10.8 Å². The molecule has 0 radical (unpaired) electrons. The van der Waals surface area contributed by atoms with Crippen molar-refractivity contribution in [3.63, 3.8) is 0 Å². The largest absolute Gasteiger partial charge is 0.397 e. The Labute approximate surface area is 149 Å². The molecule has 3 rings (SSSR count). The molecule has 1 aliphatic rings. The average molecular weight is 513 g/mol. The van der Waals surface area contributed by atoms with Gasteiger partial charge >= 0.3 is 0 Å². The first-order valence-electron chi connectivity index (χ1n) is 6.36. The zero-order chi connectivity index (χ0) is 14.3. The van der Waals surface area contributed by atoms with E-state index < -0.39 is 0 Å². The first kappa shape index (κ1) is 14.8. The van der Waals surface area contributed by atoms with E-state index in [9.17, 15) is 0 Å². The maximum atomic E-state index is 6.02. The molecule has 1 unspecified atom stereocenters. The molecular weight excluding hydrogens is 498 g/mol. The molecule has 4 nitrogen and oxygen atoms in total. The third-order valence-corrected chi connectivity index (χ3v) is 6.35. The van der Waals surface area contributed by atoms with E-state index in [4.69, 9.17) is 11.5 Å². The lowest BCUT2D eigenvalue weighted by molar-refractivity contribution is -0.698. The summed E-state index contributed by atoms with van der Waals surface area (Å²) in [6, 6.07) is 4.80. The number of hydrogen-bond acceptors (Lipinski definition) is 4. The van der Waals surface area contributed by atoms with Gasteiger partial charge in [-0.05, 0) is 62.9 Å². The van der Waals surface area contributed by atoms with E-state index in [1.807, 2.05) is 0 Å². The standard InChI is InChI=1S/C13H14I2N4S/c14-7-3-6(4-8(15)11(7)16)5-10-12-9(1-2-18-10)19-13(17)20-12/h3-4,10,18H,1-2,5,16H2,(H2,17,19)/p+1. The second-order valence-corrected chi connectivity index (χ2v) is 8.31. The van der Waals surface area contributed by atoms with Gasteiger partial charge in [-0.15, -0.1) is 0 Å². The summed E-state index contributed by atoms with van der Waals surface area (Å²) in [5.41, 5.74) is 15.3. The van der Waals surface area contributed by atoms with Crippen molar-refractivity contribution in [2.24, 2.45) is 0 Å². The minimum absolute atomic E-state index is 0.434. The normalized spacial score (nSPS) is 18.0. The highest BCUT2D eigenvalue weighted by Gasteiger charge is 2.27. The molecule has 0 bridgehead atoms. The molecule has 6 N–H and O–H groups in total. The van der Waals surface area contributed by atoms with Gasteiger partial charge in [-0.3, -0.25) is 0 Å². The Hall–Kier alpha value is -0.130. The zero-order valence-corrected chi connectivity index (χ0v) is 15.8. The van der Waals surface area contributed by atoms with Gasteiger partial charge in [0.1, 0.15) is 6.04 Å². The second kappa shape index (κ2) is 5.93. The molecule has 1 aromatic carbocycles. The van der Waals surface area contributed by atoms with E-state index >= 15 is 0 Å². The van der Waals surface area contributed by atoms with Gasteiger partial charge in [-0.1, -0.05) is 11.3 Å². The zero-order valence-electron chi connectivity index (χ0n) is 10.7. The fourth-order valence-corrected chi connectivity index (χ4v) is 5.44. The second-order valence-electron chi connectivity index (χ2n) is 4.92. The fourth-order valence-electron chi connectivity index (χ4n) is 2.56. The topological polar surface area (TPSA) is 81.5 Å². The van der Waals surface area contributed by atoms with Crippen LogP contribution in [0.3, 0.4) is 0 Å². The molecular formula is C13H15I2N4S+. The Balaban J connectivity index is 1.89. The Morgan fingerprint density at radius 3 is 2.70 bits per heavy atom. The SMILES string of the molecule is Nc1nc2c(s1)C(Cc1cc(I)c(N)c(I)c1)[NH2+]CC2. The number of nitrogen functional groups attached to an aromatic ring is 2. The number of quaternary nitrogens is 1. The summed E-state index contributed by atoms with van der Waals surface area (Å²) in [6.07, 6.45) is 2.03. The molecule has 1 aromatic heterocycles. The van der Waals surface area contributed by atoms with E-state index in [2.05, 4.69) is 67.6 Å². The Morgan fingerprint density at radius 2 is 2.00 bits per heavy atom. The van der Waals surface area contributed by atoms with E-state index in [1.54, 1.807) is 11.3 Å². The van der Waals surface area contributed by atoms with Crippen LogP contribution in [0.2, 0.25) is 0 Å². The van der Waals surface area contributed by atoms with Crippen LogP contribution in [-0.2, 0) is 12.8 Å². The highest BCUT2D eigenvalue weighted by Crippen LogP contribution is 2.31. The molecule has 2 aromatic rings. The maximum absolute atomic E-state index is 6.02. The Kier molecular flexibility index (Phi) is 4.39. The van der Waals surface area contributed by atoms with E-state index in [0.717, 1.165) is 32.2 Å². The van der Waals surface area contributed by atoms with E-state index in [1.165, 1.54) is 16.1 Å². The summed E-state index contributed by atoms with van der Waals surface area (Å²) < 4.78 is 2.26. The van der Waals surface area contributed by atoms with Crippen molar-refractivity contribution >= 4 is 67.3 Å². The number of nitrogens with zero attached hydrogens (tertiary/aromatic N) is 1. The molecule has 2 heterocycles. The lowest BCUT2D eigenvalue weighted by Crippen LogP contribution is -2.87. The van der Waals surface area contributed by atoms with E-state index in [0.29, 0.717) is 11.2 Å². The fraction of sp³-hybridized carbons (Fsp3) is 0.308. The molecule has 0 aliphatic carbocycles. The van der Waals surface area contributed by atoms with Gasteiger partial charge in [0.2, 0.25) is 0 Å². The highest BCUT2D eigenvalue weighted by atomic mass is 127. The molecule has 0 spiro atoms. The van der Waals surface area contributed by atoms with Crippen molar-refractivity contribution in [3.05, 3.63) is 35.4 Å². The van der Waals surface area contributed by atoms with Gasteiger partial charge in [-0.25, -0.2) is 4.98 Å². The van der Waals surface area contributed by atoms with Crippen LogP contribution in [0, 0.1) is 7.14 Å². The van der Waals surface area contributed by atoms with Crippen molar-refractivity contribution in [1.82, 2.24) is 4.98 Å². The summed E-state index contributed by atoms with van der Waals surface area (Å²) >= 11 is 6.24. The van der Waals surface area contributed by atoms with E-state index in [-0.39, 0.29) is 0 Å². The molecule has 0 saturated carbocycles. The molecule has 0 amide bonds. The first-order chi connectivity index (χ1) is 9.54. The number of anilines is 2. The smallest absolute Gasteiger partial charge is 0.180 e. The number of rotatable bonds is 2. The van der Waals surface area contributed by atoms with Gasteiger partial charge in [-0.2, -0.15) is 0 Å². The van der Waals surface area contributed by atoms with Crippen molar-refractivity contribution in [2.45, 2.75) is 18.9 Å². The minimum atomic E-state index is 0.434. The monoisotopic (exact) mass is 513 g/mol. The average Bonchev–Trinajstić information content (AvgIpc) is 2.77. The van der Waals surface area contributed by atoms with Crippen LogP contribution in [0.1, 0.15) is 22.2 Å². The number of aromatic nitrogens is 1. The summed E-state index contributed by atoms with van der Waals surface area (Å²) in [6.45, 7) is 1.09. The molecule has 0 saturated heterocycles. The number of hydrogen-bond donors (Lipinski definition) is 3. The number of thiazole rings is 1. The Bertz CT molecular complexity index is 633. The molecule has 7 heteroatoms. The predicted molar refractivity (Wildman–Crippen MR) is 99.8 cm³/mol. The highest BCUT2D eigenvalue weighted by molar-refractivity contribution is 14.1. The van der Waals surface area contributed by atoms with Crippen LogP contribution in [0.25, 0.3) is 0 Å². The summed E-state index contributed by atoms with van der Waals surface area (Å²) in [4.78, 5) is 5.79. The molecule has 106 valence electrons. The molecule has 1 aliphatic heterocycles.